The maximum absolute atomic E-state index is 5.49. The quantitative estimate of drug-likeness (QED) is 0.747. The van der Waals surface area contributed by atoms with E-state index >= 15 is 0 Å². The fourth-order valence-corrected chi connectivity index (χ4v) is 3.38. The molecule has 23 heavy (non-hydrogen) atoms. The van der Waals surface area contributed by atoms with E-state index in [0.29, 0.717) is 0 Å². The Bertz CT molecular complexity index is 592. The Balaban J connectivity index is 2.34. The minimum absolute atomic E-state index is 0.127. The molecule has 0 unspecified atom stereocenters. The number of benzene rings is 2. The molecule has 0 heterocycles. The van der Waals surface area contributed by atoms with Crippen molar-refractivity contribution >= 4 is 28.3 Å². The third-order valence-corrected chi connectivity index (χ3v) is 5.42. The number of hydrogen-bond donors (Lipinski definition) is 0. The second-order valence-corrected chi connectivity index (χ2v) is 6.94. The molecular formula is C18H21NO2S2. The van der Waals surface area contributed by atoms with Crippen LogP contribution in [0.15, 0.2) is 48.5 Å². The number of rotatable bonds is 5. The van der Waals surface area contributed by atoms with Gasteiger partial charge in [-0.05, 0) is 35.4 Å². The monoisotopic (exact) mass is 347 g/mol. The minimum atomic E-state index is 0.127. The van der Waals surface area contributed by atoms with Crippen molar-refractivity contribution < 1.29 is 9.47 Å². The van der Waals surface area contributed by atoms with Gasteiger partial charge in [-0.25, -0.2) is 0 Å². The van der Waals surface area contributed by atoms with Gasteiger partial charge in [-0.2, -0.15) is 0 Å². The molecule has 2 rings (SSSR count). The smallest absolute Gasteiger partial charge is 0.136 e. The third-order valence-electron chi connectivity index (χ3n) is 3.42. The van der Waals surface area contributed by atoms with E-state index in [0.717, 1.165) is 15.8 Å². The average Bonchev–Trinajstić information content (AvgIpc) is 2.59. The number of methoxy groups -OCH3 is 2. The van der Waals surface area contributed by atoms with Crippen LogP contribution in [-0.4, -0.2) is 37.5 Å². The molecule has 5 heteroatoms. The summed E-state index contributed by atoms with van der Waals surface area (Å²) in [5, 5.41) is 0.127. The predicted octanol–water partition coefficient (Wildman–Crippen LogP) is 4.37. The van der Waals surface area contributed by atoms with Crippen molar-refractivity contribution in [1.82, 2.24) is 4.90 Å². The molecule has 0 radical (unpaired) electrons. The van der Waals surface area contributed by atoms with Crippen molar-refractivity contribution in [2.24, 2.45) is 0 Å². The van der Waals surface area contributed by atoms with Crippen LogP contribution in [0.2, 0.25) is 0 Å². The van der Waals surface area contributed by atoms with Gasteiger partial charge in [0.1, 0.15) is 15.8 Å². The third kappa shape index (κ3) is 4.62. The van der Waals surface area contributed by atoms with Gasteiger partial charge in [0.25, 0.3) is 0 Å². The first-order valence-corrected chi connectivity index (χ1v) is 8.49. The molecule has 0 aliphatic carbocycles. The predicted molar refractivity (Wildman–Crippen MR) is 102 cm³/mol. The van der Waals surface area contributed by atoms with Gasteiger partial charge in [0, 0.05) is 14.1 Å². The fraction of sp³-hybridized carbons (Fsp3) is 0.278. The Labute approximate surface area is 147 Å². The molecule has 0 aromatic heterocycles. The van der Waals surface area contributed by atoms with Crippen molar-refractivity contribution in [3.05, 3.63) is 59.7 Å². The number of thioether (sulfide) groups is 1. The van der Waals surface area contributed by atoms with E-state index in [2.05, 4.69) is 24.3 Å². The van der Waals surface area contributed by atoms with Gasteiger partial charge in [0.2, 0.25) is 0 Å². The maximum atomic E-state index is 5.49. The molecule has 0 fully saturated rings. The molecule has 0 aliphatic heterocycles. The number of thiocarbonyl (C=S) groups is 1. The molecule has 0 spiro atoms. The van der Waals surface area contributed by atoms with Crippen LogP contribution in [-0.2, 0) is 0 Å². The summed E-state index contributed by atoms with van der Waals surface area (Å²) in [5.74, 6) is 1.70. The van der Waals surface area contributed by atoms with Crippen LogP contribution < -0.4 is 9.47 Å². The number of nitrogens with zero attached hydrogens (tertiary/aromatic N) is 1. The Morgan fingerprint density at radius 2 is 1.26 bits per heavy atom. The van der Waals surface area contributed by atoms with E-state index in [1.165, 1.54) is 11.1 Å². The van der Waals surface area contributed by atoms with Crippen LogP contribution in [0.3, 0.4) is 0 Å². The zero-order valence-electron chi connectivity index (χ0n) is 13.8. The van der Waals surface area contributed by atoms with Crippen molar-refractivity contribution in [3.63, 3.8) is 0 Å². The van der Waals surface area contributed by atoms with Crippen LogP contribution in [0.5, 0.6) is 11.5 Å². The van der Waals surface area contributed by atoms with Crippen molar-refractivity contribution in [2.75, 3.05) is 28.3 Å². The van der Waals surface area contributed by atoms with E-state index in [-0.39, 0.29) is 5.25 Å². The minimum Gasteiger partial charge on any atom is -0.497 e. The summed E-state index contributed by atoms with van der Waals surface area (Å²) in [5.41, 5.74) is 2.37. The molecule has 0 saturated heterocycles. The summed E-state index contributed by atoms with van der Waals surface area (Å²) in [6, 6.07) is 16.2. The van der Waals surface area contributed by atoms with Gasteiger partial charge in [0.15, 0.2) is 0 Å². The molecule has 3 nitrogen and oxygen atoms in total. The molecule has 0 amide bonds. The lowest BCUT2D eigenvalue weighted by Gasteiger charge is -2.21. The van der Waals surface area contributed by atoms with Crippen molar-refractivity contribution in [3.8, 4) is 11.5 Å². The van der Waals surface area contributed by atoms with Crippen LogP contribution in [0, 0.1) is 0 Å². The first-order valence-electron chi connectivity index (χ1n) is 7.21. The van der Waals surface area contributed by atoms with E-state index in [4.69, 9.17) is 21.7 Å². The summed E-state index contributed by atoms with van der Waals surface area (Å²) in [7, 11) is 7.28. The molecule has 2 aromatic rings. The zero-order valence-corrected chi connectivity index (χ0v) is 15.4. The highest BCUT2D eigenvalue weighted by Gasteiger charge is 2.18. The summed E-state index contributed by atoms with van der Waals surface area (Å²) in [4.78, 5) is 1.96. The lowest BCUT2D eigenvalue weighted by molar-refractivity contribution is 0.414. The molecule has 0 saturated carbocycles. The molecule has 0 bridgehead atoms. The average molecular weight is 348 g/mol. The standard InChI is InChI=1S/C18H21NO2S2/c1-19(2)18(22)23-17(13-5-9-15(20-3)10-6-13)14-7-11-16(21-4)12-8-14/h5-12,17H,1-4H3. The van der Waals surface area contributed by atoms with Gasteiger partial charge in [0.05, 0.1) is 19.5 Å². The molecule has 122 valence electrons. The molecular weight excluding hydrogens is 326 g/mol. The van der Waals surface area contributed by atoms with Gasteiger partial charge in [-0.3, -0.25) is 0 Å². The van der Waals surface area contributed by atoms with Crippen LogP contribution in [0.4, 0.5) is 0 Å². The summed E-state index contributed by atoms with van der Waals surface area (Å²) in [6.07, 6.45) is 0. The first kappa shape index (κ1) is 17.6. The first-order chi connectivity index (χ1) is 11.0. The summed E-state index contributed by atoms with van der Waals surface area (Å²) >= 11 is 7.15. The normalized spacial score (nSPS) is 10.5. The summed E-state index contributed by atoms with van der Waals surface area (Å²) < 4.78 is 11.3. The summed E-state index contributed by atoms with van der Waals surface area (Å²) in [6.45, 7) is 0. The Hall–Kier alpha value is -1.72. The lowest BCUT2D eigenvalue weighted by atomic mass is 10.0. The maximum Gasteiger partial charge on any atom is 0.136 e. The molecule has 2 aromatic carbocycles. The second-order valence-electron chi connectivity index (χ2n) is 5.20. The van der Waals surface area contributed by atoms with Crippen LogP contribution >= 0.6 is 24.0 Å². The van der Waals surface area contributed by atoms with Crippen LogP contribution in [0.25, 0.3) is 0 Å². The highest BCUT2D eigenvalue weighted by Crippen LogP contribution is 2.38. The van der Waals surface area contributed by atoms with Gasteiger partial charge in [-0.1, -0.05) is 48.2 Å². The SMILES string of the molecule is COc1ccc(C(SC(=S)N(C)C)c2ccc(OC)cc2)cc1. The van der Waals surface area contributed by atoms with Crippen LogP contribution in [0.1, 0.15) is 16.4 Å². The van der Waals surface area contributed by atoms with E-state index in [1.54, 1.807) is 26.0 Å². The Morgan fingerprint density at radius 3 is 1.57 bits per heavy atom. The Morgan fingerprint density at radius 1 is 0.870 bits per heavy atom. The zero-order chi connectivity index (χ0) is 16.8. The van der Waals surface area contributed by atoms with E-state index < -0.39 is 0 Å². The number of hydrogen-bond acceptors (Lipinski definition) is 4. The van der Waals surface area contributed by atoms with E-state index in [9.17, 15) is 0 Å². The molecule has 0 N–H and O–H groups in total. The lowest BCUT2D eigenvalue weighted by Crippen LogP contribution is -2.17. The highest BCUT2D eigenvalue weighted by atomic mass is 32.2. The molecule has 0 aliphatic rings. The Kier molecular flexibility index (Phi) is 6.30. The topological polar surface area (TPSA) is 21.7 Å². The highest BCUT2D eigenvalue weighted by molar-refractivity contribution is 8.23. The van der Waals surface area contributed by atoms with Gasteiger partial charge in [-0.15, -0.1) is 0 Å². The second kappa shape index (κ2) is 8.22. The van der Waals surface area contributed by atoms with Gasteiger partial charge >= 0.3 is 0 Å². The van der Waals surface area contributed by atoms with Crippen molar-refractivity contribution in [2.45, 2.75) is 5.25 Å². The van der Waals surface area contributed by atoms with Crippen molar-refractivity contribution in [1.29, 1.82) is 0 Å². The number of ether oxygens (including phenoxy) is 2. The largest absolute Gasteiger partial charge is 0.497 e. The van der Waals surface area contributed by atoms with E-state index in [1.807, 2.05) is 43.3 Å². The fourth-order valence-electron chi connectivity index (χ4n) is 2.09. The molecule has 0 atom stereocenters. The van der Waals surface area contributed by atoms with Gasteiger partial charge < -0.3 is 14.4 Å².